The van der Waals surface area contributed by atoms with Crippen molar-refractivity contribution >= 4 is 39.0 Å². The number of hydrogen-bond acceptors (Lipinski definition) is 5. The number of anilines is 2. The minimum Gasteiger partial charge on any atom is -0.353 e. The molecule has 1 unspecified atom stereocenters. The second-order valence-electron chi connectivity index (χ2n) is 8.57. The van der Waals surface area contributed by atoms with Crippen LogP contribution in [0.5, 0.6) is 0 Å². The van der Waals surface area contributed by atoms with Crippen LogP contribution in [0.3, 0.4) is 0 Å². The number of amides is 1. The van der Waals surface area contributed by atoms with E-state index in [1.165, 1.54) is 21.2 Å². The van der Waals surface area contributed by atoms with Gasteiger partial charge in [0.15, 0.2) is 0 Å². The predicted octanol–water partition coefficient (Wildman–Crippen LogP) is 4.35. The fourth-order valence-corrected chi connectivity index (χ4v) is 5.91. The quantitative estimate of drug-likeness (QED) is 0.578. The number of carbonyl (C=O) groups is 1. The van der Waals surface area contributed by atoms with Crippen LogP contribution in [0.25, 0.3) is 10.1 Å². The van der Waals surface area contributed by atoms with Gasteiger partial charge in [-0.15, -0.1) is 0 Å². The Morgan fingerprint density at radius 3 is 2.65 bits per heavy atom. The lowest BCUT2D eigenvalue weighted by Gasteiger charge is -2.39. The monoisotopic (exact) mass is 434 g/mol. The molecule has 2 aromatic carbocycles. The molecule has 0 aliphatic carbocycles. The fourth-order valence-electron chi connectivity index (χ4n) is 5.11. The first-order chi connectivity index (χ1) is 15.2. The Kier molecular flexibility index (Phi) is 5.67. The van der Waals surface area contributed by atoms with Crippen molar-refractivity contribution in [3.8, 4) is 0 Å². The summed E-state index contributed by atoms with van der Waals surface area (Å²) < 4.78 is 6.01. The largest absolute Gasteiger partial charge is 0.353 e. The summed E-state index contributed by atoms with van der Waals surface area (Å²) >= 11 is 1.60. The highest BCUT2D eigenvalue weighted by atomic mass is 32.1. The van der Waals surface area contributed by atoms with Gasteiger partial charge < -0.3 is 9.80 Å². The zero-order valence-corrected chi connectivity index (χ0v) is 19.2. The van der Waals surface area contributed by atoms with Gasteiger partial charge in [-0.05, 0) is 60.6 Å². The van der Waals surface area contributed by atoms with Gasteiger partial charge >= 0.3 is 0 Å². The Balaban J connectivity index is 1.25. The van der Waals surface area contributed by atoms with Gasteiger partial charge in [-0.3, -0.25) is 9.69 Å². The Morgan fingerprint density at radius 2 is 1.87 bits per heavy atom. The molecule has 1 aromatic heterocycles. The first-order valence-corrected chi connectivity index (χ1v) is 12.2. The molecule has 1 saturated heterocycles. The second-order valence-corrected chi connectivity index (χ2v) is 9.37. The maximum absolute atomic E-state index is 12.2. The highest BCUT2D eigenvalue weighted by Gasteiger charge is 2.28. The van der Waals surface area contributed by atoms with Crippen molar-refractivity contribution in [1.82, 2.24) is 9.27 Å². The summed E-state index contributed by atoms with van der Waals surface area (Å²) in [4.78, 5) is 19.2. The van der Waals surface area contributed by atoms with Gasteiger partial charge in [0.1, 0.15) is 5.82 Å². The number of likely N-dealkylation sites (N-methyl/N-ethyl adjacent to an activating group) is 1. The summed E-state index contributed by atoms with van der Waals surface area (Å²) in [6.07, 6.45) is 2.73. The van der Waals surface area contributed by atoms with Crippen LogP contribution < -0.4 is 9.80 Å². The van der Waals surface area contributed by atoms with Crippen LogP contribution in [0, 0.1) is 0 Å². The molecule has 2 aliphatic heterocycles. The van der Waals surface area contributed by atoms with E-state index >= 15 is 0 Å². The second kappa shape index (κ2) is 8.60. The Labute approximate surface area is 188 Å². The molecule has 31 heavy (non-hydrogen) atoms. The lowest BCUT2D eigenvalue weighted by atomic mass is 9.99. The molecule has 5 rings (SSSR count). The van der Waals surface area contributed by atoms with Crippen molar-refractivity contribution in [3.63, 3.8) is 0 Å². The van der Waals surface area contributed by atoms with E-state index in [1.54, 1.807) is 11.5 Å². The molecule has 5 nitrogen and oxygen atoms in total. The van der Waals surface area contributed by atoms with Gasteiger partial charge in [0.25, 0.3) is 0 Å². The number of carbonyl (C=O) groups excluding carboxylic acids is 1. The van der Waals surface area contributed by atoms with Crippen molar-refractivity contribution in [2.75, 3.05) is 42.5 Å². The van der Waals surface area contributed by atoms with Gasteiger partial charge in [0, 0.05) is 49.8 Å². The summed E-state index contributed by atoms with van der Waals surface area (Å²) in [6.45, 7) is 9.27. The minimum absolute atomic E-state index is 0.229. The molecule has 6 heteroatoms. The van der Waals surface area contributed by atoms with Crippen LogP contribution in [0.2, 0.25) is 0 Å². The van der Waals surface area contributed by atoms with Crippen LogP contribution in [0.1, 0.15) is 31.4 Å². The van der Waals surface area contributed by atoms with Crippen molar-refractivity contribution in [3.05, 3.63) is 53.6 Å². The highest BCUT2D eigenvalue weighted by molar-refractivity contribution is 7.13. The summed E-state index contributed by atoms with van der Waals surface area (Å²) in [5, 5.41) is 1.28. The number of piperazine rings is 1. The third kappa shape index (κ3) is 3.83. The number of rotatable bonds is 6. The molecule has 2 aliphatic rings. The van der Waals surface area contributed by atoms with Gasteiger partial charge in [-0.2, -0.15) is 4.37 Å². The van der Waals surface area contributed by atoms with E-state index < -0.39 is 0 Å². The highest BCUT2D eigenvalue weighted by Crippen LogP contribution is 2.32. The number of benzene rings is 2. The molecule has 0 radical (unpaired) electrons. The van der Waals surface area contributed by atoms with Gasteiger partial charge in [0.05, 0.1) is 11.1 Å². The third-order valence-electron chi connectivity index (χ3n) is 6.82. The van der Waals surface area contributed by atoms with E-state index in [1.807, 2.05) is 11.8 Å². The molecule has 3 heterocycles. The normalized spacial score (nSPS) is 18.1. The number of nitrogens with zero attached hydrogens (tertiary/aromatic N) is 4. The predicted molar refractivity (Wildman–Crippen MR) is 129 cm³/mol. The smallest absolute Gasteiger partial charge is 0.231 e. The lowest BCUT2D eigenvalue weighted by molar-refractivity contribution is -0.117. The number of aromatic nitrogens is 1. The van der Waals surface area contributed by atoms with Crippen molar-refractivity contribution in [2.24, 2.45) is 0 Å². The van der Waals surface area contributed by atoms with E-state index in [4.69, 9.17) is 4.37 Å². The molecule has 162 valence electrons. The molecule has 1 fully saturated rings. The fraction of sp³-hybridized carbons (Fsp3) is 0.440. The summed E-state index contributed by atoms with van der Waals surface area (Å²) in [5.41, 5.74) is 3.65. The van der Waals surface area contributed by atoms with Crippen molar-refractivity contribution in [2.45, 2.75) is 39.2 Å². The molecule has 0 spiro atoms. The van der Waals surface area contributed by atoms with Gasteiger partial charge in [0.2, 0.25) is 5.91 Å². The average Bonchev–Trinajstić information content (AvgIpc) is 3.37. The summed E-state index contributed by atoms with van der Waals surface area (Å²) in [6, 6.07) is 15.7. The first-order valence-electron chi connectivity index (χ1n) is 11.4. The topological polar surface area (TPSA) is 39.7 Å². The van der Waals surface area contributed by atoms with Crippen molar-refractivity contribution in [1.29, 1.82) is 0 Å². The van der Waals surface area contributed by atoms with E-state index in [0.717, 1.165) is 57.1 Å². The number of fused-ring (bicyclic) bond motifs is 2. The summed E-state index contributed by atoms with van der Waals surface area (Å²) in [5.74, 6) is 1.38. The van der Waals surface area contributed by atoms with Gasteiger partial charge in [-0.25, -0.2) is 0 Å². The minimum atomic E-state index is 0.229. The zero-order chi connectivity index (χ0) is 21.4. The molecular weight excluding hydrogens is 404 g/mol. The molecule has 1 atom stereocenters. The Hall–Kier alpha value is -2.44. The molecule has 1 amide bonds. The third-order valence-corrected chi connectivity index (χ3v) is 7.64. The standard InChI is InChI=1S/C25H30N4OS/c1-3-20(16-18-9-10-22-19(15-18)17-24(30)29(22)4-2)27-11-13-28(14-12-27)25-21-7-5-6-8-23(21)31-26-25/h5-10,15,20H,3-4,11-14,16-17H2,1-2H3. The van der Waals surface area contributed by atoms with Crippen LogP contribution in [-0.4, -0.2) is 53.9 Å². The van der Waals surface area contributed by atoms with Crippen LogP contribution >= 0.6 is 11.5 Å². The Bertz CT molecular complexity index is 1090. The van der Waals surface area contributed by atoms with E-state index in [0.29, 0.717) is 12.5 Å². The van der Waals surface area contributed by atoms with Crippen LogP contribution in [0.4, 0.5) is 11.5 Å². The van der Waals surface area contributed by atoms with E-state index in [-0.39, 0.29) is 5.91 Å². The maximum atomic E-state index is 12.2. The zero-order valence-electron chi connectivity index (χ0n) is 18.4. The number of hydrogen-bond donors (Lipinski definition) is 0. The molecule has 0 bridgehead atoms. The SMILES string of the molecule is CCC(Cc1ccc2c(c1)CC(=O)N2CC)N1CCN(c2nsc3ccccc23)CC1. The van der Waals surface area contributed by atoms with Gasteiger partial charge in [-0.1, -0.05) is 31.2 Å². The molecule has 3 aromatic rings. The van der Waals surface area contributed by atoms with Crippen molar-refractivity contribution < 1.29 is 4.79 Å². The molecule has 0 saturated carbocycles. The van der Waals surface area contributed by atoms with Crippen LogP contribution in [0.15, 0.2) is 42.5 Å². The molecule has 0 N–H and O–H groups in total. The Morgan fingerprint density at radius 1 is 1.06 bits per heavy atom. The lowest BCUT2D eigenvalue weighted by Crippen LogP contribution is -2.51. The first kappa shape index (κ1) is 20.5. The maximum Gasteiger partial charge on any atom is 0.231 e. The average molecular weight is 435 g/mol. The molecular formula is C25H30N4OS. The summed E-state index contributed by atoms with van der Waals surface area (Å²) in [7, 11) is 0. The van der Waals surface area contributed by atoms with E-state index in [2.05, 4.69) is 59.2 Å². The van der Waals surface area contributed by atoms with E-state index in [9.17, 15) is 4.79 Å². The van der Waals surface area contributed by atoms with Crippen LogP contribution in [-0.2, 0) is 17.6 Å².